The summed E-state index contributed by atoms with van der Waals surface area (Å²) < 4.78 is 0. The molecule has 0 bridgehead atoms. The topological polar surface area (TPSA) is 58.4 Å². The number of amides is 2. The van der Waals surface area contributed by atoms with E-state index in [0.29, 0.717) is 13.1 Å². The molecule has 1 aliphatic rings. The molecule has 0 aromatic heterocycles. The van der Waals surface area contributed by atoms with Gasteiger partial charge in [-0.2, -0.15) is 0 Å². The van der Waals surface area contributed by atoms with Crippen LogP contribution in [0.15, 0.2) is 30.3 Å². The second-order valence-electron chi connectivity index (χ2n) is 5.53. The number of carbonyl (C=O) groups excluding carboxylic acids is 1. The lowest BCUT2D eigenvalue weighted by atomic mass is 9.80. The summed E-state index contributed by atoms with van der Waals surface area (Å²) in [4.78, 5) is 14.5. The van der Waals surface area contributed by atoms with Crippen LogP contribution in [-0.2, 0) is 0 Å². The molecule has 0 spiro atoms. The molecule has 20 heavy (non-hydrogen) atoms. The molecular formula is C16H25N3O. The van der Waals surface area contributed by atoms with Gasteiger partial charge in [0.05, 0.1) is 5.54 Å². The lowest BCUT2D eigenvalue weighted by Crippen LogP contribution is -2.58. The molecule has 0 unspecified atom stereocenters. The normalized spacial score (nSPS) is 17.5. The summed E-state index contributed by atoms with van der Waals surface area (Å²) in [7, 11) is 0. The number of benzene rings is 1. The van der Waals surface area contributed by atoms with Crippen LogP contribution in [-0.4, -0.2) is 29.6 Å². The Morgan fingerprint density at radius 2 is 1.90 bits per heavy atom. The molecule has 1 aliphatic carbocycles. The second kappa shape index (κ2) is 6.75. The number of rotatable bonds is 4. The lowest BCUT2D eigenvalue weighted by Gasteiger charge is -2.45. The minimum atomic E-state index is -0.161. The zero-order valence-electron chi connectivity index (χ0n) is 12.3. The first kappa shape index (κ1) is 14.9. The Balaban J connectivity index is 2.11. The quantitative estimate of drug-likeness (QED) is 0.886. The van der Waals surface area contributed by atoms with Crippen molar-refractivity contribution in [2.24, 2.45) is 5.73 Å². The van der Waals surface area contributed by atoms with Crippen molar-refractivity contribution in [1.29, 1.82) is 0 Å². The summed E-state index contributed by atoms with van der Waals surface area (Å²) in [6.07, 6.45) is 5.59. The van der Waals surface area contributed by atoms with Gasteiger partial charge in [0.1, 0.15) is 0 Å². The zero-order chi connectivity index (χ0) is 14.4. The minimum Gasteiger partial charge on any atom is -0.328 e. The number of nitrogens with one attached hydrogen (secondary N) is 1. The molecule has 1 aromatic carbocycles. The molecule has 3 N–H and O–H groups in total. The highest BCUT2D eigenvalue weighted by atomic mass is 16.2. The van der Waals surface area contributed by atoms with Crippen molar-refractivity contribution in [2.45, 2.75) is 44.6 Å². The molecule has 4 nitrogen and oxygen atoms in total. The van der Waals surface area contributed by atoms with Crippen LogP contribution >= 0.6 is 0 Å². The molecular weight excluding hydrogens is 250 g/mol. The number of anilines is 1. The summed E-state index contributed by atoms with van der Waals surface area (Å²) in [6, 6.07) is 9.56. The average molecular weight is 275 g/mol. The van der Waals surface area contributed by atoms with Crippen LogP contribution in [0.4, 0.5) is 10.5 Å². The van der Waals surface area contributed by atoms with E-state index in [-0.39, 0.29) is 11.6 Å². The molecule has 2 rings (SSSR count). The van der Waals surface area contributed by atoms with Crippen molar-refractivity contribution in [2.75, 3.05) is 18.4 Å². The SMILES string of the molecule is CCN(C(=O)Nc1ccccc1)C1(CN)CCCCC1. The highest BCUT2D eigenvalue weighted by Crippen LogP contribution is 2.33. The lowest BCUT2D eigenvalue weighted by molar-refractivity contribution is 0.0954. The van der Waals surface area contributed by atoms with Gasteiger partial charge in [0.15, 0.2) is 0 Å². The average Bonchev–Trinajstić information content (AvgIpc) is 2.50. The van der Waals surface area contributed by atoms with Crippen LogP contribution in [0.2, 0.25) is 0 Å². The van der Waals surface area contributed by atoms with Crippen LogP contribution in [0.3, 0.4) is 0 Å². The molecule has 0 radical (unpaired) electrons. The Hall–Kier alpha value is -1.55. The van der Waals surface area contributed by atoms with Crippen molar-refractivity contribution in [1.82, 2.24) is 4.90 Å². The van der Waals surface area contributed by atoms with Crippen molar-refractivity contribution in [3.8, 4) is 0 Å². The third-order valence-electron chi connectivity index (χ3n) is 4.32. The van der Waals surface area contributed by atoms with E-state index in [1.165, 1.54) is 6.42 Å². The van der Waals surface area contributed by atoms with Gasteiger partial charge in [0, 0.05) is 18.8 Å². The Morgan fingerprint density at radius 1 is 1.25 bits per heavy atom. The number of likely N-dealkylation sites (N-methyl/N-ethyl adjacent to an activating group) is 1. The molecule has 0 aliphatic heterocycles. The summed E-state index contributed by atoms with van der Waals surface area (Å²) in [5.74, 6) is 0. The molecule has 4 heteroatoms. The maximum Gasteiger partial charge on any atom is 0.322 e. The van der Waals surface area contributed by atoms with Crippen LogP contribution in [0.5, 0.6) is 0 Å². The number of urea groups is 1. The fourth-order valence-corrected chi connectivity index (χ4v) is 3.20. The van der Waals surface area contributed by atoms with Gasteiger partial charge in [-0.05, 0) is 31.9 Å². The number of nitrogens with zero attached hydrogens (tertiary/aromatic N) is 1. The van der Waals surface area contributed by atoms with Gasteiger partial charge in [-0.1, -0.05) is 37.5 Å². The summed E-state index contributed by atoms with van der Waals surface area (Å²) in [5, 5.41) is 2.98. The number of hydrogen-bond acceptors (Lipinski definition) is 2. The van der Waals surface area contributed by atoms with E-state index in [9.17, 15) is 4.79 Å². The molecule has 0 heterocycles. The summed E-state index contributed by atoms with van der Waals surface area (Å²) in [5.41, 5.74) is 6.70. The molecule has 0 atom stereocenters. The largest absolute Gasteiger partial charge is 0.328 e. The molecule has 1 saturated carbocycles. The van der Waals surface area contributed by atoms with Gasteiger partial charge in [0.2, 0.25) is 0 Å². The highest BCUT2D eigenvalue weighted by molar-refractivity contribution is 5.89. The van der Waals surface area contributed by atoms with Crippen LogP contribution in [0.25, 0.3) is 0 Å². The first-order valence-corrected chi connectivity index (χ1v) is 7.55. The van der Waals surface area contributed by atoms with Gasteiger partial charge in [-0.3, -0.25) is 0 Å². The molecule has 2 amide bonds. The number of carbonyl (C=O) groups is 1. The van der Waals surface area contributed by atoms with Crippen molar-refractivity contribution in [3.05, 3.63) is 30.3 Å². The van der Waals surface area contributed by atoms with E-state index in [1.807, 2.05) is 42.2 Å². The molecule has 1 aromatic rings. The fourth-order valence-electron chi connectivity index (χ4n) is 3.20. The second-order valence-corrected chi connectivity index (χ2v) is 5.53. The third-order valence-corrected chi connectivity index (χ3v) is 4.32. The Labute approximate surface area is 121 Å². The summed E-state index contributed by atoms with van der Waals surface area (Å²) >= 11 is 0. The van der Waals surface area contributed by atoms with E-state index in [0.717, 1.165) is 31.4 Å². The van der Waals surface area contributed by atoms with E-state index >= 15 is 0 Å². The highest BCUT2D eigenvalue weighted by Gasteiger charge is 2.38. The van der Waals surface area contributed by atoms with E-state index in [2.05, 4.69) is 5.32 Å². The van der Waals surface area contributed by atoms with Crippen LogP contribution < -0.4 is 11.1 Å². The number of hydrogen-bond donors (Lipinski definition) is 2. The van der Waals surface area contributed by atoms with E-state index in [4.69, 9.17) is 5.73 Å². The van der Waals surface area contributed by atoms with Gasteiger partial charge < -0.3 is 16.0 Å². The van der Waals surface area contributed by atoms with Crippen molar-refractivity contribution < 1.29 is 4.79 Å². The molecule has 0 saturated heterocycles. The molecule has 1 fully saturated rings. The van der Waals surface area contributed by atoms with Gasteiger partial charge in [0.25, 0.3) is 0 Å². The minimum absolute atomic E-state index is 0.0361. The predicted octanol–water partition coefficient (Wildman–Crippen LogP) is 3.20. The van der Waals surface area contributed by atoms with Gasteiger partial charge >= 0.3 is 6.03 Å². The Bertz CT molecular complexity index is 427. The Morgan fingerprint density at radius 3 is 2.45 bits per heavy atom. The standard InChI is InChI=1S/C16H25N3O/c1-2-19(16(13-17)11-7-4-8-12-16)15(20)18-14-9-5-3-6-10-14/h3,5-6,9-10H,2,4,7-8,11-13,17H2,1H3,(H,18,20). The first-order chi connectivity index (χ1) is 9.72. The number of nitrogens with two attached hydrogens (primary N) is 1. The van der Waals surface area contributed by atoms with Gasteiger partial charge in [-0.25, -0.2) is 4.79 Å². The van der Waals surface area contributed by atoms with E-state index < -0.39 is 0 Å². The van der Waals surface area contributed by atoms with Crippen LogP contribution in [0, 0.1) is 0 Å². The van der Waals surface area contributed by atoms with Crippen LogP contribution in [0.1, 0.15) is 39.0 Å². The third kappa shape index (κ3) is 3.12. The van der Waals surface area contributed by atoms with Crippen molar-refractivity contribution in [3.63, 3.8) is 0 Å². The van der Waals surface area contributed by atoms with Crippen molar-refractivity contribution >= 4 is 11.7 Å². The maximum atomic E-state index is 12.6. The predicted molar refractivity (Wildman–Crippen MR) is 82.7 cm³/mol. The number of para-hydroxylation sites is 1. The fraction of sp³-hybridized carbons (Fsp3) is 0.562. The maximum absolute atomic E-state index is 12.6. The summed E-state index contributed by atoms with van der Waals surface area (Å²) in [6.45, 7) is 3.26. The Kier molecular flexibility index (Phi) is 5.01. The smallest absolute Gasteiger partial charge is 0.322 e. The zero-order valence-corrected chi connectivity index (χ0v) is 12.3. The van der Waals surface area contributed by atoms with E-state index in [1.54, 1.807) is 0 Å². The van der Waals surface area contributed by atoms with Gasteiger partial charge in [-0.15, -0.1) is 0 Å². The molecule has 110 valence electrons. The first-order valence-electron chi connectivity index (χ1n) is 7.55. The monoisotopic (exact) mass is 275 g/mol.